The zero-order valence-electron chi connectivity index (χ0n) is 12.8. The number of halogens is 1. The Morgan fingerprint density at radius 1 is 1.40 bits per heavy atom. The molecule has 1 aromatic carbocycles. The Hall–Kier alpha value is -0.930. The summed E-state index contributed by atoms with van der Waals surface area (Å²) in [6, 6.07) is 5.13. The Labute approximate surface area is 122 Å². The predicted octanol–water partition coefficient (Wildman–Crippen LogP) is 3.35. The van der Waals surface area contributed by atoms with E-state index in [-0.39, 0.29) is 5.82 Å². The van der Waals surface area contributed by atoms with Gasteiger partial charge in [-0.15, -0.1) is 0 Å². The third-order valence-electron chi connectivity index (χ3n) is 4.16. The molecule has 0 bridgehead atoms. The van der Waals surface area contributed by atoms with Gasteiger partial charge >= 0.3 is 0 Å². The fraction of sp³-hybridized carbons (Fsp3) is 0.647. The van der Waals surface area contributed by atoms with Gasteiger partial charge in [0.2, 0.25) is 0 Å². The van der Waals surface area contributed by atoms with Crippen molar-refractivity contribution in [3.63, 3.8) is 0 Å². The molecule has 1 unspecified atom stereocenters. The lowest BCUT2D eigenvalue weighted by molar-refractivity contribution is 0.201. The number of hydrogen-bond acceptors (Lipinski definition) is 2. The molecule has 112 valence electrons. The molecule has 1 aromatic rings. The summed E-state index contributed by atoms with van der Waals surface area (Å²) < 4.78 is 13.4. The van der Waals surface area contributed by atoms with Crippen LogP contribution in [0.25, 0.3) is 0 Å². The first-order chi connectivity index (χ1) is 9.69. The first-order valence-corrected chi connectivity index (χ1v) is 7.87. The van der Waals surface area contributed by atoms with Crippen molar-refractivity contribution >= 4 is 0 Å². The minimum Gasteiger partial charge on any atom is -0.316 e. The third kappa shape index (κ3) is 4.57. The minimum absolute atomic E-state index is 0.124. The normalized spacial score (nSPS) is 19.5. The predicted molar refractivity (Wildman–Crippen MR) is 82.3 cm³/mol. The van der Waals surface area contributed by atoms with E-state index in [9.17, 15) is 4.39 Å². The molecule has 1 N–H and O–H groups in total. The average molecular weight is 278 g/mol. The highest BCUT2D eigenvalue weighted by Gasteiger charge is 2.17. The number of aryl methyl sites for hydroxylation is 1. The average Bonchev–Trinajstić information content (AvgIpc) is 2.44. The van der Waals surface area contributed by atoms with E-state index in [1.54, 1.807) is 12.1 Å². The summed E-state index contributed by atoms with van der Waals surface area (Å²) in [4.78, 5) is 2.49. The van der Waals surface area contributed by atoms with Crippen molar-refractivity contribution in [2.24, 2.45) is 5.92 Å². The number of hydrogen-bond donors (Lipinski definition) is 1. The molecule has 1 fully saturated rings. The largest absolute Gasteiger partial charge is 0.316 e. The highest BCUT2D eigenvalue weighted by Crippen LogP contribution is 2.17. The molecule has 1 heterocycles. The molecule has 20 heavy (non-hydrogen) atoms. The fourth-order valence-corrected chi connectivity index (χ4v) is 3.05. The van der Waals surface area contributed by atoms with Crippen molar-refractivity contribution in [3.8, 4) is 0 Å². The van der Waals surface area contributed by atoms with Gasteiger partial charge in [0, 0.05) is 13.1 Å². The summed E-state index contributed by atoms with van der Waals surface area (Å²) in [5, 5.41) is 3.48. The van der Waals surface area contributed by atoms with Crippen LogP contribution < -0.4 is 5.32 Å². The topological polar surface area (TPSA) is 15.3 Å². The quantitative estimate of drug-likeness (QED) is 0.858. The van der Waals surface area contributed by atoms with Gasteiger partial charge in [-0.3, -0.25) is 4.90 Å². The van der Waals surface area contributed by atoms with Crippen LogP contribution in [0.15, 0.2) is 18.2 Å². The summed E-state index contributed by atoms with van der Waals surface area (Å²) in [6.07, 6.45) is 3.74. The molecule has 0 radical (unpaired) electrons. The van der Waals surface area contributed by atoms with E-state index in [0.29, 0.717) is 0 Å². The van der Waals surface area contributed by atoms with E-state index in [1.165, 1.54) is 18.4 Å². The molecule has 0 aromatic heterocycles. The number of rotatable bonds is 6. The van der Waals surface area contributed by atoms with Gasteiger partial charge in [-0.25, -0.2) is 4.39 Å². The van der Waals surface area contributed by atoms with E-state index >= 15 is 0 Å². The molecule has 2 nitrogen and oxygen atoms in total. The van der Waals surface area contributed by atoms with E-state index in [1.807, 2.05) is 6.07 Å². The van der Waals surface area contributed by atoms with Crippen molar-refractivity contribution < 1.29 is 4.39 Å². The van der Waals surface area contributed by atoms with E-state index in [4.69, 9.17) is 0 Å². The van der Waals surface area contributed by atoms with Crippen LogP contribution in [0.4, 0.5) is 4.39 Å². The van der Waals surface area contributed by atoms with Crippen LogP contribution in [0, 0.1) is 18.7 Å². The van der Waals surface area contributed by atoms with Gasteiger partial charge < -0.3 is 5.32 Å². The second-order valence-electron chi connectivity index (χ2n) is 6.02. The van der Waals surface area contributed by atoms with E-state index in [2.05, 4.69) is 24.1 Å². The molecule has 1 aliphatic heterocycles. The third-order valence-corrected chi connectivity index (χ3v) is 4.16. The zero-order valence-corrected chi connectivity index (χ0v) is 12.8. The van der Waals surface area contributed by atoms with Crippen LogP contribution in [0.3, 0.4) is 0 Å². The number of piperidine rings is 1. The molecule has 0 saturated carbocycles. The maximum atomic E-state index is 13.4. The second-order valence-corrected chi connectivity index (χ2v) is 6.02. The van der Waals surface area contributed by atoms with Crippen molar-refractivity contribution in [1.82, 2.24) is 10.2 Å². The number of benzene rings is 1. The van der Waals surface area contributed by atoms with E-state index < -0.39 is 0 Å². The SMILES string of the molecule is CCCN(Cc1cc(F)ccc1C)CC1CCCNC1. The van der Waals surface area contributed by atoms with Crippen molar-refractivity contribution in [2.45, 2.75) is 39.7 Å². The molecule has 1 atom stereocenters. The zero-order chi connectivity index (χ0) is 14.4. The highest BCUT2D eigenvalue weighted by molar-refractivity contribution is 5.26. The smallest absolute Gasteiger partial charge is 0.123 e. The summed E-state index contributed by atoms with van der Waals surface area (Å²) in [5.74, 6) is 0.616. The molecule has 2 rings (SSSR count). The Kier molecular flexibility index (Phi) is 5.99. The van der Waals surface area contributed by atoms with Crippen LogP contribution in [0.5, 0.6) is 0 Å². The second kappa shape index (κ2) is 7.75. The van der Waals surface area contributed by atoms with Gasteiger partial charge in [-0.05, 0) is 75.0 Å². The maximum Gasteiger partial charge on any atom is 0.123 e. The Balaban J connectivity index is 1.98. The number of nitrogens with one attached hydrogen (secondary N) is 1. The lowest BCUT2D eigenvalue weighted by Crippen LogP contribution is -2.38. The van der Waals surface area contributed by atoms with Crippen LogP contribution in [-0.4, -0.2) is 31.1 Å². The Morgan fingerprint density at radius 3 is 2.95 bits per heavy atom. The Morgan fingerprint density at radius 2 is 2.25 bits per heavy atom. The monoisotopic (exact) mass is 278 g/mol. The molecule has 3 heteroatoms. The van der Waals surface area contributed by atoms with E-state index in [0.717, 1.165) is 50.6 Å². The Bertz CT molecular complexity index is 413. The molecule has 1 aliphatic rings. The fourth-order valence-electron chi connectivity index (χ4n) is 3.05. The van der Waals surface area contributed by atoms with Gasteiger partial charge in [0.1, 0.15) is 5.82 Å². The van der Waals surface area contributed by atoms with Gasteiger partial charge in [0.25, 0.3) is 0 Å². The first-order valence-electron chi connectivity index (χ1n) is 7.87. The van der Waals surface area contributed by atoms with Crippen molar-refractivity contribution in [1.29, 1.82) is 0 Å². The van der Waals surface area contributed by atoms with Gasteiger partial charge in [0.15, 0.2) is 0 Å². The molecular formula is C17H27FN2. The molecule has 0 spiro atoms. The highest BCUT2D eigenvalue weighted by atomic mass is 19.1. The van der Waals surface area contributed by atoms with Crippen LogP contribution in [0.1, 0.15) is 37.3 Å². The van der Waals surface area contributed by atoms with Crippen LogP contribution in [-0.2, 0) is 6.54 Å². The van der Waals surface area contributed by atoms with Gasteiger partial charge in [-0.2, -0.15) is 0 Å². The summed E-state index contributed by atoms with van der Waals surface area (Å²) in [5.41, 5.74) is 2.32. The summed E-state index contributed by atoms with van der Waals surface area (Å²) in [7, 11) is 0. The number of nitrogens with zero attached hydrogens (tertiary/aromatic N) is 1. The minimum atomic E-state index is -0.124. The van der Waals surface area contributed by atoms with Gasteiger partial charge in [-0.1, -0.05) is 13.0 Å². The summed E-state index contributed by atoms with van der Waals surface area (Å²) in [6.45, 7) is 9.65. The molecular weight excluding hydrogens is 251 g/mol. The van der Waals surface area contributed by atoms with Crippen molar-refractivity contribution in [2.75, 3.05) is 26.2 Å². The lowest BCUT2D eigenvalue weighted by Gasteiger charge is -2.30. The first kappa shape index (κ1) is 15.5. The molecule has 1 saturated heterocycles. The lowest BCUT2D eigenvalue weighted by atomic mass is 9.98. The van der Waals surface area contributed by atoms with Crippen LogP contribution in [0.2, 0.25) is 0 Å². The molecule has 0 amide bonds. The van der Waals surface area contributed by atoms with Crippen LogP contribution >= 0.6 is 0 Å². The standard InChI is InChI=1S/C17H27FN2/c1-3-9-20(12-15-5-4-8-19-11-15)13-16-10-17(18)7-6-14(16)2/h6-7,10,15,19H,3-5,8-9,11-13H2,1-2H3. The van der Waals surface area contributed by atoms with Gasteiger partial charge in [0.05, 0.1) is 0 Å². The maximum absolute atomic E-state index is 13.4. The molecule has 0 aliphatic carbocycles. The summed E-state index contributed by atoms with van der Waals surface area (Å²) >= 11 is 0. The van der Waals surface area contributed by atoms with Crippen molar-refractivity contribution in [3.05, 3.63) is 35.1 Å².